The fourth-order valence-electron chi connectivity index (χ4n) is 3.41. The zero-order valence-corrected chi connectivity index (χ0v) is 15.0. The maximum atomic E-state index is 12.6. The largest absolute Gasteiger partial charge is 0.361 e. The Hall–Kier alpha value is -2.00. The number of carbonyl (C=O) groups excluding carboxylic acids is 3. The first-order valence-electron chi connectivity index (χ1n) is 8.52. The molecule has 0 bridgehead atoms. The minimum Gasteiger partial charge on any atom is -0.361 e. The first kappa shape index (κ1) is 17.8. The van der Waals surface area contributed by atoms with Crippen LogP contribution in [0.15, 0.2) is 0 Å². The highest BCUT2D eigenvalue weighted by Gasteiger charge is 2.30. The molecule has 3 rings (SSSR count). The second-order valence-electron chi connectivity index (χ2n) is 6.72. The van der Waals surface area contributed by atoms with Gasteiger partial charge in [-0.15, -0.1) is 11.3 Å². The van der Waals surface area contributed by atoms with Gasteiger partial charge in [0.1, 0.15) is 0 Å². The summed E-state index contributed by atoms with van der Waals surface area (Å²) in [5.41, 5.74) is 6.00. The van der Waals surface area contributed by atoms with Crippen molar-refractivity contribution in [3.05, 3.63) is 15.6 Å². The number of nitrogens with one attached hydrogen (secondary N) is 2. The summed E-state index contributed by atoms with van der Waals surface area (Å²) in [5, 5.41) is 6.12. The minimum atomic E-state index is -1.00. The van der Waals surface area contributed by atoms with E-state index >= 15 is 0 Å². The molecule has 3 amide bonds. The molecule has 136 valence electrons. The van der Waals surface area contributed by atoms with E-state index in [4.69, 9.17) is 5.73 Å². The Morgan fingerprint density at radius 2 is 1.80 bits per heavy atom. The molecule has 0 aromatic carbocycles. The zero-order chi connectivity index (χ0) is 18.0. The van der Waals surface area contributed by atoms with E-state index in [1.807, 2.05) is 7.05 Å². The minimum absolute atomic E-state index is 0.215. The predicted octanol–water partition coefficient (Wildman–Crippen LogP) is 0.121. The van der Waals surface area contributed by atoms with E-state index in [9.17, 15) is 14.4 Å². The number of hydrogen-bond donors (Lipinski definition) is 3. The van der Waals surface area contributed by atoms with E-state index in [-0.39, 0.29) is 18.0 Å². The lowest BCUT2D eigenvalue weighted by molar-refractivity contribution is -0.137. The fourth-order valence-corrected chi connectivity index (χ4v) is 4.46. The molecule has 0 saturated heterocycles. The van der Waals surface area contributed by atoms with E-state index < -0.39 is 11.8 Å². The van der Waals surface area contributed by atoms with Crippen LogP contribution in [0, 0.1) is 0 Å². The summed E-state index contributed by atoms with van der Waals surface area (Å²) in [4.78, 5) is 43.0. The number of rotatable bonds is 3. The summed E-state index contributed by atoms with van der Waals surface area (Å²) in [7, 11) is 2.02. The first-order valence-corrected chi connectivity index (χ1v) is 9.34. The molecule has 0 spiro atoms. The first-order chi connectivity index (χ1) is 11.9. The van der Waals surface area contributed by atoms with Gasteiger partial charge >= 0.3 is 11.8 Å². The summed E-state index contributed by atoms with van der Waals surface area (Å²) in [6.07, 6.45) is 4.40. The molecule has 8 nitrogen and oxygen atoms in total. The van der Waals surface area contributed by atoms with Crippen molar-refractivity contribution < 1.29 is 14.4 Å². The molecule has 2 atom stereocenters. The number of hydrogen-bond acceptors (Lipinski definition) is 6. The van der Waals surface area contributed by atoms with E-state index in [0.717, 1.165) is 49.3 Å². The van der Waals surface area contributed by atoms with Gasteiger partial charge in [-0.2, -0.15) is 0 Å². The van der Waals surface area contributed by atoms with Gasteiger partial charge in [0.25, 0.3) is 5.91 Å². The van der Waals surface area contributed by atoms with Crippen LogP contribution in [-0.4, -0.2) is 46.7 Å². The molecular formula is C16H23N5O3S. The van der Waals surface area contributed by atoms with Gasteiger partial charge in [0.05, 0.1) is 5.69 Å². The number of primary amides is 1. The van der Waals surface area contributed by atoms with Crippen molar-refractivity contribution in [2.75, 3.05) is 7.05 Å². The Morgan fingerprint density at radius 1 is 1.12 bits per heavy atom. The third-order valence-corrected chi connectivity index (χ3v) is 5.76. The fraction of sp³-hybridized carbons (Fsp3) is 0.625. The second-order valence-corrected chi connectivity index (χ2v) is 7.81. The number of nitrogens with zero attached hydrogens (tertiary/aromatic N) is 2. The van der Waals surface area contributed by atoms with E-state index in [1.165, 1.54) is 11.3 Å². The Bertz CT molecular complexity index is 666. The number of carbonyl (C=O) groups is 3. The molecular weight excluding hydrogens is 342 g/mol. The van der Waals surface area contributed by atoms with Gasteiger partial charge in [-0.1, -0.05) is 19.3 Å². The molecule has 1 aromatic rings. The molecule has 1 aromatic heterocycles. The average Bonchev–Trinajstić information content (AvgIpc) is 3.01. The second kappa shape index (κ2) is 7.49. The highest BCUT2D eigenvalue weighted by atomic mass is 32.1. The molecule has 1 fully saturated rings. The molecule has 1 saturated carbocycles. The molecule has 2 heterocycles. The third-order valence-electron chi connectivity index (χ3n) is 4.68. The number of nitrogens with two attached hydrogens (primary N) is 1. The predicted molar refractivity (Wildman–Crippen MR) is 92.7 cm³/mol. The van der Waals surface area contributed by atoms with Crippen LogP contribution in [-0.2, 0) is 22.7 Å². The number of amides is 3. The molecule has 1 aliphatic carbocycles. The Balaban J connectivity index is 1.67. The monoisotopic (exact) mass is 365 g/mol. The van der Waals surface area contributed by atoms with Crippen molar-refractivity contribution in [2.24, 2.45) is 5.73 Å². The van der Waals surface area contributed by atoms with Crippen LogP contribution in [0.4, 0.5) is 0 Å². The summed E-state index contributed by atoms with van der Waals surface area (Å²) in [6, 6.07) is -0.510. The van der Waals surface area contributed by atoms with Crippen molar-refractivity contribution >= 4 is 29.1 Å². The van der Waals surface area contributed by atoms with Crippen LogP contribution in [0.1, 0.15) is 52.5 Å². The van der Waals surface area contributed by atoms with Gasteiger partial charge in [-0.25, -0.2) is 4.98 Å². The number of thiazole rings is 1. The maximum Gasteiger partial charge on any atom is 0.309 e. The standard InChI is InChI=1S/C16H23N5O3S/c1-21-7-11-12(8-21)25-16(20-11)15(24)19-10-6-4-2-3-5-9(10)18-14(23)13(17)22/h9-10H,2-8H2,1H3,(H2,17,22)(H,18,23)(H,19,24)/t9-,10-/m1/s1. The SMILES string of the molecule is CN1Cc2nc(C(=O)N[C@@H]3CCCCC[C@H]3NC(=O)C(N)=O)sc2C1. The van der Waals surface area contributed by atoms with Crippen LogP contribution in [0.3, 0.4) is 0 Å². The lowest BCUT2D eigenvalue weighted by atomic mass is 10.0. The van der Waals surface area contributed by atoms with E-state index in [0.29, 0.717) is 11.4 Å². The average molecular weight is 365 g/mol. The van der Waals surface area contributed by atoms with Crippen molar-refractivity contribution in [1.82, 2.24) is 20.5 Å². The lowest BCUT2D eigenvalue weighted by Crippen LogP contribution is -2.53. The van der Waals surface area contributed by atoms with Gasteiger partial charge in [-0.3, -0.25) is 19.3 Å². The molecule has 9 heteroatoms. The number of fused-ring (bicyclic) bond motifs is 1. The van der Waals surface area contributed by atoms with Gasteiger partial charge in [-0.05, 0) is 19.9 Å². The molecule has 25 heavy (non-hydrogen) atoms. The summed E-state index contributed by atoms with van der Waals surface area (Å²) >= 11 is 1.42. The lowest BCUT2D eigenvalue weighted by Gasteiger charge is -2.26. The van der Waals surface area contributed by atoms with Gasteiger partial charge in [0.15, 0.2) is 5.01 Å². The van der Waals surface area contributed by atoms with Crippen LogP contribution in [0.2, 0.25) is 0 Å². The molecule has 1 aliphatic heterocycles. The van der Waals surface area contributed by atoms with Gasteiger partial charge in [0.2, 0.25) is 0 Å². The Morgan fingerprint density at radius 3 is 2.44 bits per heavy atom. The van der Waals surface area contributed by atoms with E-state index in [2.05, 4.69) is 20.5 Å². The topological polar surface area (TPSA) is 117 Å². The third kappa shape index (κ3) is 4.16. The molecule has 2 aliphatic rings. The Kier molecular flexibility index (Phi) is 5.33. The van der Waals surface area contributed by atoms with Gasteiger partial charge in [0, 0.05) is 30.1 Å². The quantitative estimate of drug-likeness (QED) is 0.519. The van der Waals surface area contributed by atoms with Crippen LogP contribution in [0.25, 0.3) is 0 Å². The van der Waals surface area contributed by atoms with E-state index in [1.54, 1.807) is 0 Å². The van der Waals surface area contributed by atoms with Crippen LogP contribution in [0.5, 0.6) is 0 Å². The highest BCUT2D eigenvalue weighted by molar-refractivity contribution is 7.13. The summed E-state index contributed by atoms with van der Waals surface area (Å²) in [5.74, 6) is -2.02. The van der Waals surface area contributed by atoms with Gasteiger partial charge < -0.3 is 16.4 Å². The molecule has 0 unspecified atom stereocenters. The van der Waals surface area contributed by atoms with Crippen molar-refractivity contribution in [1.29, 1.82) is 0 Å². The molecule has 0 radical (unpaired) electrons. The summed E-state index contributed by atoms with van der Waals surface area (Å²) in [6.45, 7) is 1.58. The maximum absolute atomic E-state index is 12.6. The normalized spacial score (nSPS) is 23.6. The summed E-state index contributed by atoms with van der Waals surface area (Å²) < 4.78 is 0. The smallest absolute Gasteiger partial charge is 0.309 e. The number of aromatic nitrogens is 1. The molecule has 4 N–H and O–H groups in total. The van der Waals surface area contributed by atoms with Crippen molar-refractivity contribution in [2.45, 2.75) is 57.3 Å². The van der Waals surface area contributed by atoms with Crippen molar-refractivity contribution in [3.8, 4) is 0 Å². The van der Waals surface area contributed by atoms with Crippen LogP contribution >= 0.6 is 11.3 Å². The highest BCUT2D eigenvalue weighted by Crippen LogP contribution is 2.27. The van der Waals surface area contributed by atoms with Crippen molar-refractivity contribution in [3.63, 3.8) is 0 Å². The zero-order valence-electron chi connectivity index (χ0n) is 14.2. The Labute approximate surface area is 150 Å². The van der Waals surface area contributed by atoms with Crippen LogP contribution < -0.4 is 16.4 Å².